The van der Waals surface area contributed by atoms with Crippen LogP contribution in [0.2, 0.25) is 0 Å². The third-order valence-corrected chi connectivity index (χ3v) is 7.82. The summed E-state index contributed by atoms with van der Waals surface area (Å²) in [6.45, 7) is -0.243. The van der Waals surface area contributed by atoms with Gasteiger partial charge in [0.1, 0.15) is 23.4 Å². The van der Waals surface area contributed by atoms with Crippen LogP contribution in [0.1, 0.15) is 45.7 Å². The molecule has 0 aliphatic carbocycles. The fourth-order valence-corrected chi connectivity index (χ4v) is 5.46. The molecule has 4 rings (SSSR count). The summed E-state index contributed by atoms with van der Waals surface area (Å²) in [6, 6.07) is 14.1. The third kappa shape index (κ3) is 7.68. The van der Waals surface area contributed by atoms with Crippen LogP contribution in [0, 0.1) is 12.3 Å². The highest BCUT2D eigenvalue weighted by Gasteiger charge is 2.41. The molecule has 1 unspecified atom stereocenters. The molecule has 10 nitrogen and oxygen atoms in total. The molecule has 222 valence electrons. The number of carbonyl (C=O) groups is 3. The van der Waals surface area contributed by atoms with Crippen LogP contribution < -0.4 is 21.1 Å². The minimum Gasteiger partial charge on any atom is -0.457 e. The largest absolute Gasteiger partial charge is 0.457 e. The summed E-state index contributed by atoms with van der Waals surface area (Å²) in [5, 5.41) is 14.6. The van der Waals surface area contributed by atoms with E-state index in [-0.39, 0.29) is 18.8 Å². The Bertz CT molecular complexity index is 1450. The monoisotopic (exact) mass is 599 g/mol. The molecule has 1 aliphatic rings. The number of nitrogens with two attached hydrogens (primary N) is 1. The van der Waals surface area contributed by atoms with Crippen LogP contribution in [0.15, 0.2) is 60.0 Å². The summed E-state index contributed by atoms with van der Waals surface area (Å²) >= 11 is 1.30. The van der Waals surface area contributed by atoms with E-state index < -0.39 is 49.1 Å². The number of halogens is 2. The lowest BCUT2D eigenvalue weighted by atomic mass is 10.1. The van der Waals surface area contributed by atoms with Gasteiger partial charge in [0.05, 0.1) is 18.7 Å². The average Bonchev–Trinajstić information content (AvgIpc) is 3.61. The highest BCUT2D eigenvalue weighted by atomic mass is 32.1. The number of alkyl halides is 2. The number of ether oxygens (including phenoxy) is 2. The lowest BCUT2D eigenvalue weighted by Crippen LogP contribution is -2.49. The zero-order valence-corrected chi connectivity index (χ0v) is 23.8. The van der Waals surface area contributed by atoms with E-state index in [1.807, 2.05) is 30.3 Å². The highest BCUT2D eigenvalue weighted by molar-refractivity contribution is 7.10. The van der Waals surface area contributed by atoms with E-state index in [4.69, 9.17) is 15.9 Å². The number of nitrogens with zero attached hydrogens (tertiary/aromatic N) is 1. The number of rotatable bonds is 11. The molecule has 42 heavy (non-hydrogen) atoms. The number of nitrogen functional groups attached to an aromatic ring is 1. The van der Waals surface area contributed by atoms with Gasteiger partial charge in [-0.2, -0.15) is 8.78 Å². The molecule has 3 atom stereocenters. The van der Waals surface area contributed by atoms with E-state index in [9.17, 15) is 23.2 Å². The van der Waals surface area contributed by atoms with Crippen molar-refractivity contribution in [1.82, 2.24) is 15.5 Å². The Morgan fingerprint density at radius 2 is 1.88 bits per heavy atom. The number of hydrogen-bond donors (Lipinski definition) is 4. The fourth-order valence-electron chi connectivity index (χ4n) is 4.55. The van der Waals surface area contributed by atoms with Gasteiger partial charge < -0.3 is 30.7 Å². The van der Waals surface area contributed by atoms with Crippen LogP contribution >= 0.6 is 11.3 Å². The van der Waals surface area contributed by atoms with Gasteiger partial charge in [-0.15, -0.1) is 11.3 Å². The smallest absolute Gasteiger partial charge is 0.345 e. The fraction of sp³-hybridized carbons (Fsp3) is 0.310. The summed E-state index contributed by atoms with van der Waals surface area (Å²) in [6.07, 6.45) is -1.19. The number of nitrogens with one attached hydrogen (secondary N) is 3. The SMILES string of the molecule is Cc1cc(C(=O)NCC(=O)N2C[C@H](OC(F)F)C[C@H]2C(=O)NC(C)c2cc(C(=N)N)cs2)ccc1Oc1ccccc1. The molecule has 1 aliphatic heterocycles. The summed E-state index contributed by atoms with van der Waals surface area (Å²) in [5.41, 5.74) is 7.03. The Balaban J connectivity index is 1.39. The van der Waals surface area contributed by atoms with E-state index >= 15 is 0 Å². The second-order valence-corrected chi connectivity index (χ2v) is 10.7. The van der Waals surface area contributed by atoms with Gasteiger partial charge in [0.15, 0.2) is 0 Å². The minimum atomic E-state index is -3.07. The number of benzene rings is 2. The first-order valence-corrected chi connectivity index (χ1v) is 14.0. The Kier molecular flexibility index (Phi) is 9.86. The maximum Gasteiger partial charge on any atom is 0.345 e. The molecule has 13 heteroatoms. The Morgan fingerprint density at radius 1 is 1.14 bits per heavy atom. The van der Waals surface area contributed by atoms with Gasteiger partial charge in [0, 0.05) is 34.3 Å². The number of carbonyl (C=O) groups excluding carboxylic acids is 3. The first kappa shape index (κ1) is 30.6. The van der Waals surface area contributed by atoms with Crippen LogP contribution in [-0.2, 0) is 14.3 Å². The molecule has 1 aromatic heterocycles. The second-order valence-electron chi connectivity index (χ2n) is 9.78. The summed E-state index contributed by atoms with van der Waals surface area (Å²) in [7, 11) is 0. The van der Waals surface area contributed by atoms with Crippen LogP contribution in [0.25, 0.3) is 0 Å². The van der Waals surface area contributed by atoms with Gasteiger partial charge in [-0.3, -0.25) is 19.8 Å². The molecule has 0 radical (unpaired) electrons. The predicted octanol–water partition coefficient (Wildman–Crippen LogP) is 3.95. The second kappa shape index (κ2) is 13.5. The number of hydrogen-bond acceptors (Lipinski definition) is 7. The van der Waals surface area contributed by atoms with Crippen LogP contribution in [-0.4, -0.2) is 60.3 Å². The van der Waals surface area contributed by atoms with Crippen LogP contribution in [0.4, 0.5) is 8.78 Å². The molecule has 0 bridgehead atoms. The number of para-hydroxylation sites is 1. The maximum atomic E-state index is 13.2. The minimum absolute atomic E-state index is 0.107. The molecule has 3 amide bonds. The molecule has 1 saturated heterocycles. The van der Waals surface area contributed by atoms with Crippen LogP contribution in [0.5, 0.6) is 11.5 Å². The van der Waals surface area contributed by atoms with Crippen molar-refractivity contribution in [2.75, 3.05) is 13.1 Å². The molecule has 0 spiro atoms. The average molecular weight is 600 g/mol. The standard InChI is InChI=1S/C29H31F2N5O5S/c1-16-10-18(8-9-23(16)40-20-6-4-3-5-7-20)27(38)34-13-25(37)36-14-21(41-29(30)31)12-22(36)28(39)35-17(2)24-11-19(15-42-24)26(32)33/h3-11,15,17,21-22,29H,12-14H2,1-2H3,(H3,32,33)(H,34,38)(H,35,39)/t17?,21-,22+/m1/s1. The number of thiophene rings is 1. The number of likely N-dealkylation sites (tertiary alicyclic amines) is 1. The van der Waals surface area contributed by atoms with Gasteiger partial charge in [0.2, 0.25) is 11.8 Å². The van der Waals surface area contributed by atoms with E-state index in [2.05, 4.69) is 15.4 Å². The molecule has 2 heterocycles. The Morgan fingerprint density at radius 3 is 2.52 bits per heavy atom. The van der Waals surface area contributed by atoms with Gasteiger partial charge in [-0.25, -0.2) is 0 Å². The molecule has 1 fully saturated rings. The number of aryl methyl sites for hydroxylation is 1. The quantitative estimate of drug-likeness (QED) is 0.194. The lowest BCUT2D eigenvalue weighted by molar-refractivity contribution is -0.160. The third-order valence-electron chi connectivity index (χ3n) is 6.71. The summed E-state index contributed by atoms with van der Waals surface area (Å²) in [4.78, 5) is 41.0. The van der Waals surface area contributed by atoms with Crippen molar-refractivity contribution >= 4 is 34.9 Å². The number of amidine groups is 1. The molecule has 3 aromatic rings. The van der Waals surface area contributed by atoms with Crippen molar-refractivity contribution < 1.29 is 32.6 Å². The van der Waals surface area contributed by atoms with Gasteiger partial charge in [-0.1, -0.05) is 18.2 Å². The van der Waals surface area contributed by atoms with Crippen molar-refractivity contribution in [2.45, 2.75) is 45.1 Å². The number of amides is 3. The van der Waals surface area contributed by atoms with Crippen molar-refractivity contribution in [3.8, 4) is 11.5 Å². The summed E-state index contributed by atoms with van der Waals surface area (Å²) in [5.74, 6) is -0.584. The molecular formula is C29H31F2N5O5S. The predicted molar refractivity (Wildman–Crippen MR) is 153 cm³/mol. The van der Waals surface area contributed by atoms with Crippen molar-refractivity contribution in [3.63, 3.8) is 0 Å². The molecule has 2 aromatic carbocycles. The summed E-state index contributed by atoms with van der Waals surface area (Å²) < 4.78 is 36.3. The van der Waals surface area contributed by atoms with E-state index in [0.29, 0.717) is 28.2 Å². The first-order valence-electron chi connectivity index (χ1n) is 13.1. The van der Waals surface area contributed by atoms with Crippen molar-refractivity contribution in [3.05, 3.63) is 81.5 Å². The zero-order valence-electron chi connectivity index (χ0n) is 22.9. The van der Waals surface area contributed by atoms with Crippen molar-refractivity contribution in [1.29, 1.82) is 5.41 Å². The molecular weight excluding hydrogens is 568 g/mol. The maximum absolute atomic E-state index is 13.2. The van der Waals surface area contributed by atoms with E-state index in [1.54, 1.807) is 43.5 Å². The van der Waals surface area contributed by atoms with Crippen LogP contribution in [0.3, 0.4) is 0 Å². The lowest BCUT2D eigenvalue weighted by Gasteiger charge is -2.25. The van der Waals surface area contributed by atoms with Gasteiger partial charge >= 0.3 is 6.61 Å². The van der Waals surface area contributed by atoms with Gasteiger partial charge in [-0.05, 0) is 55.8 Å². The zero-order chi connectivity index (χ0) is 30.4. The Labute approximate surface area is 245 Å². The molecule has 0 saturated carbocycles. The van der Waals surface area contributed by atoms with E-state index in [0.717, 1.165) is 9.78 Å². The Hall–Kier alpha value is -4.36. The van der Waals surface area contributed by atoms with E-state index in [1.165, 1.54) is 11.3 Å². The normalized spacial score (nSPS) is 17.1. The first-order chi connectivity index (χ1) is 20.0. The molecule has 5 N–H and O–H groups in total. The van der Waals surface area contributed by atoms with Crippen molar-refractivity contribution in [2.24, 2.45) is 5.73 Å². The highest BCUT2D eigenvalue weighted by Crippen LogP contribution is 2.27. The van der Waals surface area contributed by atoms with Gasteiger partial charge in [0.25, 0.3) is 5.91 Å². The topological polar surface area (TPSA) is 147 Å².